The highest BCUT2D eigenvalue weighted by Gasteiger charge is 2.21. The summed E-state index contributed by atoms with van der Waals surface area (Å²) in [6.07, 6.45) is 4.38. The fourth-order valence-electron chi connectivity index (χ4n) is 3.44. The van der Waals surface area contributed by atoms with Crippen molar-refractivity contribution in [3.8, 4) is 10.8 Å². The molecule has 2 aromatic heterocycles. The van der Waals surface area contributed by atoms with Crippen LogP contribution in [0.1, 0.15) is 36.3 Å². The van der Waals surface area contributed by atoms with E-state index in [0.29, 0.717) is 11.1 Å². The number of carbonyl (C=O) groups is 1. The summed E-state index contributed by atoms with van der Waals surface area (Å²) in [6, 6.07) is 10.0. The smallest absolute Gasteiger partial charge is 0.277 e. The van der Waals surface area contributed by atoms with Gasteiger partial charge in [-0.05, 0) is 54.9 Å². The Bertz CT molecular complexity index is 980. The van der Waals surface area contributed by atoms with Crippen LogP contribution in [0.4, 0.5) is 5.69 Å². The first kappa shape index (κ1) is 19.2. The van der Waals surface area contributed by atoms with Crippen molar-refractivity contribution in [2.45, 2.75) is 44.8 Å². The molecule has 0 saturated heterocycles. The Kier molecular flexibility index (Phi) is 5.82. The predicted molar refractivity (Wildman–Crippen MR) is 114 cm³/mol. The summed E-state index contributed by atoms with van der Waals surface area (Å²) >= 11 is 3.01. The molecular weight excluding hydrogens is 390 g/mol. The molecule has 0 aliphatic heterocycles. The molecule has 1 N–H and O–H groups in total. The van der Waals surface area contributed by atoms with E-state index >= 15 is 0 Å². The van der Waals surface area contributed by atoms with Crippen molar-refractivity contribution in [3.63, 3.8) is 0 Å². The first-order chi connectivity index (χ1) is 13.6. The second kappa shape index (κ2) is 8.49. The Balaban J connectivity index is 1.37. The fraction of sp³-hybridized carbons (Fsp3) is 0.381. The number of rotatable bonds is 6. The lowest BCUT2D eigenvalue weighted by molar-refractivity contribution is -0.113. The van der Waals surface area contributed by atoms with Gasteiger partial charge in [0.1, 0.15) is 0 Å². The lowest BCUT2D eigenvalue weighted by Gasteiger charge is -2.16. The van der Waals surface area contributed by atoms with E-state index in [4.69, 9.17) is 4.42 Å². The number of aromatic nitrogens is 2. The summed E-state index contributed by atoms with van der Waals surface area (Å²) in [5.74, 6) is 1.44. The Morgan fingerprint density at radius 1 is 1.36 bits per heavy atom. The first-order valence-corrected chi connectivity index (χ1v) is 11.4. The van der Waals surface area contributed by atoms with E-state index in [1.807, 2.05) is 24.3 Å². The second-order valence-corrected chi connectivity index (χ2v) is 9.19. The third-order valence-electron chi connectivity index (χ3n) is 4.95. The van der Waals surface area contributed by atoms with Gasteiger partial charge < -0.3 is 9.73 Å². The van der Waals surface area contributed by atoms with E-state index in [1.165, 1.54) is 28.6 Å². The minimum absolute atomic E-state index is 0.0776. The monoisotopic (exact) mass is 413 g/mol. The third-order valence-corrected chi connectivity index (χ3v) is 6.99. The van der Waals surface area contributed by atoms with Crippen LogP contribution in [0.2, 0.25) is 0 Å². The van der Waals surface area contributed by atoms with Gasteiger partial charge >= 0.3 is 0 Å². The number of thioether (sulfide) groups is 1. The van der Waals surface area contributed by atoms with Crippen molar-refractivity contribution >= 4 is 34.7 Å². The minimum atomic E-state index is -0.0776. The highest BCUT2D eigenvalue weighted by Crippen LogP contribution is 2.37. The minimum Gasteiger partial charge on any atom is -0.410 e. The molecule has 4 rings (SSSR count). The number of anilines is 1. The van der Waals surface area contributed by atoms with E-state index in [2.05, 4.69) is 35.4 Å². The van der Waals surface area contributed by atoms with Crippen molar-refractivity contribution in [1.82, 2.24) is 10.2 Å². The van der Waals surface area contributed by atoms with Gasteiger partial charge in [0.15, 0.2) is 0 Å². The van der Waals surface area contributed by atoms with Crippen LogP contribution < -0.4 is 5.32 Å². The molecule has 7 heteroatoms. The van der Waals surface area contributed by atoms with Gasteiger partial charge in [-0.25, -0.2) is 0 Å². The zero-order valence-electron chi connectivity index (χ0n) is 16.0. The van der Waals surface area contributed by atoms with Crippen molar-refractivity contribution in [2.24, 2.45) is 5.92 Å². The van der Waals surface area contributed by atoms with Gasteiger partial charge in [0.25, 0.3) is 11.1 Å². The quantitative estimate of drug-likeness (QED) is 0.562. The standard InChI is InChI=1S/C21H23N3O2S2/c1-3-14-6-4-5-7-16(14)22-19(25)12-27-21-24-23-20(26-21)18-11-15-10-13(2)8-9-17(15)28-18/h4-7,11,13H,3,8-10,12H2,1-2H3,(H,22,25)/t13-/m1/s1. The van der Waals surface area contributed by atoms with Gasteiger partial charge in [-0.1, -0.05) is 43.8 Å². The molecule has 0 bridgehead atoms. The van der Waals surface area contributed by atoms with E-state index in [0.717, 1.165) is 41.3 Å². The number of benzene rings is 1. The SMILES string of the molecule is CCc1ccccc1NC(=O)CSc1nnc(-c2cc3c(s2)CC[C@@H](C)C3)o1. The van der Waals surface area contributed by atoms with Crippen molar-refractivity contribution in [1.29, 1.82) is 0 Å². The van der Waals surface area contributed by atoms with Gasteiger partial charge in [0.05, 0.1) is 10.6 Å². The van der Waals surface area contributed by atoms with Crippen LogP contribution >= 0.6 is 23.1 Å². The van der Waals surface area contributed by atoms with Crippen LogP contribution in [-0.4, -0.2) is 21.9 Å². The van der Waals surface area contributed by atoms with Crippen LogP contribution in [0.5, 0.6) is 0 Å². The van der Waals surface area contributed by atoms with Gasteiger partial charge in [0.2, 0.25) is 5.91 Å². The molecule has 1 atom stereocenters. The number of hydrogen-bond acceptors (Lipinski definition) is 6. The van der Waals surface area contributed by atoms with Gasteiger partial charge in [-0.15, -0.1) is 21.5 Å². The van der Waals surface area contributed by atoms with Crippen molar-refractivity contribution in [2.75, 3.05) is 11.1 Å². The molecular formula is C21H23N3O2S2. The number of para-hydroxylation sites is 1. The van der Waals surface area contributed by atoms with Crippen LogP contribution in [0.25, 0.3) is 10.8 Å². The average molecular weight is 414 g/mol. The highest BCUT2D eigenvalue weighted by atomic mass is 32.2. The molecule has 2 heterocycles. The molecule has 1 aromatic carbocycles. The average Bonchev–Trinajstić information content (AvgIpc) is 3.33. The van der Waals surface area contributed by atoms with Crippen LogP contribution in [0, 0.1) is 5.92 Å². The molecule has 0 spiro atoms. The topological polar surface area (TPSA) is 68.0 Å². The van der Waals surface area contributed by atoms with Crippen molar-refractivity contribution < 1.29 is 9.21 Å². The van der Waals surface area contributed by atoms with E-state index in [-0.39, 0.29) is 11.7 Å². The Hall–Kier alpha value is -2.12. The Labute approximate surface area is 173 Å². The van der Waals surface area contributed by atoms with E-state index in [9.17, 15) is 4.79 Å². The molecule has 28 heavy (non-hydrogen) atoms. The normalized spacial score (nSPS) is 16.0. The maximum Gasteiger partial charge on any atom is 0.277 e. The maximum absolute atomic E-state index is 12.3. The molecule has 1 aliphatic carbocycles. The summed E-state index contributed by atoms with van der Waals surface area (Å²) in [7, 11) is 0. The summed E-state index contributed by atoms with van der Waals surface area (Å²) in [4.78, 5) is 14.7. The summed E-state index contributed by atoms with van der Waals surface area (Å²) in [6.45, 7) is 4.37. The number of nitrogens with zero attached hydrogens (tertiary/aromatic N) is 2. The number of nitrogens with one attached hydrogen (secondary N) is 1. The molecule has 0 saturated carbocycles. The molecule has 5 nitrogen and oxygen atoms in total. The third kappa shape index (κ3) is 4.31. The molecule has 3 aromatic rings. The molecule has 0 unspecified atom stereocenters. The predicted octanol–water partition coefficient (Wildman–Crippen LogP) is 5.22. The van der Waals surface area contributed by atoms with Crippen LogP contribution in [0.3, 0.4) is 0 Å². The van der Waals surface area contributed by atoms with Crippen LogP contribution in [0.15, 0.2) is 40.0 Å². The van der Waals surface area contributed by atoms with Gasteiger partial charge in [-0.3, -0.25) is 4.79 Å². The fourth-order valence-corrected chi connectivity index (χ4v) is 5.14. The van der Waals surface area contributed by atoms with Gasteiger partial charge in [-0.2, -0.15) is 0 Å². The zero-order valence-corrected chi connectivity index (χ0v) is 17.7. The zero-order chi connectivity index (χ0) is 19.5. The number of hydrogen-bond donors (Lipinski definition) is 1. The number of amides is 1. The number of fused-ring (bicyclic) bond motifs is 1. The molecule has 1 aliphatic rings. The van der Waals surface area contributed by atoms with Crippen LogP contribution in [-0.2, 0) is 24.1 Å². The maximum atomic E-state index is 12.3. The molecule has 1 amide bonds. The summed E-state index contributed by atoms with van der Waals surface area (Å²) in [5, 5.41) is 11.7. The number of carbonyl (C=O) groups excluding carboxylic acids is 1. The molecule has 146 valence electrons. The lowest BCUT2D eigenvalue weighted by Crippen LogP contribution is -2.15. The van der Waals surface area contributed by atoms with E-state index < -0.39 is 0 Å². The number of aryl methyl sites for hydroxylation is 2. The summed E-state index contributed by atoms with van der Waals surface area (Å²) in [5.41, 5.74) is 3.40. The molecule has 0 radical (unpaired) electrons. The molecule has 0 fully saturated rings. The highest BCUT2D eigenvalue weighted by molar-refractivity contribution is 7.99. The largest absolute Gasteiger partial charge is 0.410 e. The summed E-state index contributed by atoms with van der Waals surface area (Å²) < 4.78 is 5.79. The van der Waals surface area contributed by atoms with Gasteiger partial charge in [0, 0.05) is 10.6 Å². The first-order valence-electron chi connectivity index (χ1n) is 9.58. The Morgan fingerprint density at radius 3 is 3.07 bits per heavy atom. The van der Waals surface area contributed by atoms with E-state index in [1.54, 1.807) is 11.3 Å². The van der Waals surface area contributed by atoms with Crippen molar-refractivity contribution in [3.05, 3.63) is 46.3 Å². The lowest BCUT2D eigenvalue weighted by atomic mass is 9.90. The Morgan fingerprint density at radius 2 is 2.21 bits per heavy atom. The second-order valence-electron chi connectivity index (χ2n) is 7.13. The number of thiophene rings is 1.